The molecule has 0 spiro atoms. The second-order valence-electron chi connectivity index (χ2n) is 8.65. The summed E-state index contributed by atoms with van der Waals surface area (Å²) in [6.45, 7) is 2.95. The zero-order valence-corrected chi connectivity index (χ0v) is 22.4. The number of carbonyl (C=O) groups excluding carboxylic acids is 1. The van der Waals surface area contributed by atoms with E-state index in [1.165, 1.54) is 38.0 Å². The van der Waals surface area contributed by atoms with E-state index in [1.54, 1.807) is 29.2 Å². The molecule has 0 atom stereocenters. The smallest absolute Gasteiger partial charge is 0.264 e. The number of ether oxygens (including phenoxy) is 2. The molecule has 8 nitrogen and oxygen atoms in total. The molecule has 37 heavy (non-hydrogen) atoms. The van der Waals surface area contributed by atoms with Gasteiger partial charge in [0.1, 0.15) is 6.54 Å². The first-order valence-corrected chi connectivity index (χ1v) is 13.7. The molecule has 10 heteroatoms. The summed E-state index contributed by atoms with van der Waals surface area (Å²) < 4.78 is 39.2. The van der Waals surface area contributed by atoms with Crippen molar-refractivity contribution in [3.8, 4) is 11.5 Å². The second-order valence-corrected chi connectivity index (χ2v) is 10.9. The number of amides is 1. The summed E-state index contributed by atoms with van der Waals surface area (Å²) >= 11 is 6.04. The molecule has 0 saturated carbocycles. The molecule has 4 rings (SSSR count). The van der Waals surface area contributed by atoms with E-state index in [1.807, 2.05) is 18.2 Å². The average molecular weight is 544 g/mol. The number of halogens is 1. The first kappa shape index (κ1) is 26.8. The van der Waals surface area contributed by atoms with Crippen LogP contribution in [0.25, 0.3) is 0 Å². The Bertz CT molecular complexity index is 1310. The number of nitrogens with zero attached hydrogens (tertiary/aromatic N) is 3. The highest BCUT2D eigenvalue weighted by molar-refractivity contribution is 7.92. The molecule has 0 unspecified atom stereocenters. The molecule has 3 aromatic carbocycles. The third-order valence-corrected chi connectivity index (χ3v) is 8.33. The third kappa shape index (κ3) is 6.36. The maximum Gasteiger partial charge on any atom is 0.264 e. The third-order valence-electron chi connectivity index (χ3n) is 6.31. The Morgan fingerprint density at radius 2 is 1.54 bits per heavy atom. The predicted octanol–water partition coefficient (Wildman–Crippen LogP) is 3.90. The Morgan fingerprint density at radius 3 is 2.16 bits per heavy atom. The minimum absolute atomic E-state index is 0.0134. The van der Waals surface area contributed by atoms with Crippen LogP contribution in [0.3, 0.4) is 0 Å². The summed E-state index contributed by atoms with van der Waals surface area (Å²) in [5, 5.41) is 0.466. The van der Waals surface area contributed by atoms with Crippen molar-refractivity contribution in [3.05, 3.63) is 83.4 Å². The van der Waals surface area contributed by atoms with Crippen LogP contribution in [-0.2, 0) is 21.4 Å². The van der Waals surface area contributed by atoms with Gasteiger partial charge >= 0.3 is 0 Å². The van der Waals surface area contributed by atoms with Crippen molar-refractivity contribution in [1.82, 2.24) is 9.80 Å². The highest BCUT2D eigenvalue weighted by Crippen LogP contribution is 2.32. The Labute approximate surface area is 223 Å². The first-order valence-electron chi connectivity index (χ1n) is 11.9. The Balaban J connectivity index is 1.53. The van der Waals surface area contributed by atoms with Gasteiger partial charge < -0.3 is 14.4 Å². The molecule has 1 heterocycles. The largest absolute Gasteiger partial charge is 0.493 e. The van der Waals surface area contributed by atoms with Gasteiger partial charge in [-0.3, -0.25) is 14.0 Å². The number of hydrogen-bond acceptors (Lipinski definition) is 6. The molecule has 1 fully saturated rings. The maximum absolute atomic E-state index is 13.8. The van der Waals surface area contributed by atoms with E-state index < -0.39 is 10.0 Å². The van der Waals surface area contributed by atoms with Crippen LogP contribution in [0.5, 0.6) is 11.5 Å². The van der Waals surface area contributed by atoms with E-state index in [9.17, 15) is 13.2 Å². The molecule has 0 aliphatic carbocycles. The van der Waals surface area contributed by atoms with E-state index in [4.69, 9.17) is 21.1 Å². The van der Waals surface area contributed by atoms with Crippen LogP contribution in [0.1, 0.15) is 5.56 Å². The lowest BCUT2D eigenvalue weighted by atomic mass is 10.2. The molecule has 1 saturated heterocycles. The fourth-order valence-corrected chi connectivity index (χ4v) is 5.80. The summed E-state index contributed by atoms with van der Waals surface area (Å²) in [4.78, 5) is 17.3. The van der Waals surface area contributed by atoms with Gasteiger partial charge in [0.25, 0.3) is 10.0 Å². The summed E-state index contributed by atoms with van der Waals surface area (Å²) in [7, 11) is -1.20. The van der Waals surface area contributed by atoms with Crippen LogP contribution in [-0.4, -0.2) is 71.1 Å². The zero-order chi connectivity index (χ0) is 26.4. The fourth-order valence-electron chi connectivity index (χ4n) is 4.25. The van der Waals surface area contributed by atoms with Gasteiger partial charge in [-0.2, -0.15) is 0 Å². The molecular formula is C27H30ClN3O5S. The van der Waals surface area contributed by atoms with E-state index in [-0.39, 0.29) is 23.1 Å². The van der Waals surface area contributed by atoms with Crippen molar-refractivity contribution >= 4 is 33.2 Å². The van der Waals surface area contributed by atoms with Gasteiger partial charge in [-0.25, -0.2) is 8.42 Å². The molecule has 0 bridgehead atoms. The lowest BCUT2D eigenvalue weighted by Crippen LogP contribution is -2.51. The van der Waals surface area contributed by atoms with Crippen LogP contribution in [0.15, 0.2) is 77.7 Å². The van der Waals surface area contributed by atoms with Crippen LogP contribution < -0.4 is 13.8 Å². The summed E-state index contributed by atoms with van der Waals surface area (Å²) in [5.74, 6) is 0.419. The van der Waals surface area contributed by atoms with Crippen molar-refractivity contribution < 1.29 is 22.7 Å². The van der Waals surface area contributed by atoms with Crippen molar-refractivity contribution in [1.29, 1.82) is 0 Å². The van der Waals surface area contributed by atoms with Gasteiger partial charge in [0.15, 0.2) is 11.5 Å². The highest BCUT2D eigenvalue weighted by Gasteiger charge is 2.31. The number of methoxy groups -OCH3 is 2. The van der Waals surface area contributed by atoms with Crippen molar-refractivity contribution in [2.75, 3.05) is 51.2 Å². The molecule has 1 aliphatic heterocycles. The number of hydrogen-bond donors (Lipinski definition) is 0. The van der Waals surface area contributed by atoms with E-state index in [2.05, 4.69) is 17.0 Å². The van der Waals surface area contributed by atoms with E-state index in [0.717, 1.165) is 10.8 Å². The topological polar surface area (TPSA) is 79.4 Å². The highest BCUT2D eigenvalue weighted by atomic mass is 35.5. The minimum Gasteiger partial charge on any atom is -0.493 e. The number of rotatable bonds is 9. The standard InChI is InChI=1S/C27H30ClN3O5S/c1-35-25-13-12-24(18-26(25)36-2)37(33,34)31(23-10-8-22(28)9-11-23)20-27(32)30-16-14-29(15-17-30)19-21-6-4-3-5-7-21/h3-13,18H,14-17,19-20H2,1-2H3. The average Bonchev–Trinajstić information content (AvgIpc) is 2.92. The van der Waals surface area contributed by atoms with Gasteiger partial charge in [0.2, 0.25) is 5.91 Å². The molecular weight excluding hydrogens is 514 g/mol. The summed E-state index contributed by atoms with van der Waals surface area (Å²) in [6.07, 6.45) is 0. The lowest BCUT2D eigenvalue weighted by molar-refractivity contribution is -0.131. The summed E-state index contributed by atoms with van der Waals surface area (Å²) in [5.41, 5.74) is 1.56. The molecule has 196 valence electrons. The summed E-state index contributed by atoms with van der Waals surface area (Å²) in [6, 6.07) is 20.9. The van der Waals surface area contributed by atoms with Gasteiger partial charge in [-0.1, -0.05) is 41.9 Å². The number of piperazine rings is 1. The van der Waals surface area contributed by atoms with E-state index in [0.29, 0.717) is 42.6 Å². The SMILES string of the molecule is COc1ccc(S(=O)(=O)N(CC(=O)N2CCN(Cc3ccccc3)CC2)c2ccc(Cl)cc2)cc1OC. The normalized spacial score (nSPS) is 14.3. The van der Waals surface area contributed by atoms with Crippen molar-refractivity contribution in [2.24, 2.45) is 0 Å². The number of benzene rings is 3. The Morgan fingerprint density at radius 1 is 0.892 bits per heavy atom. The van der Waals surface area contributed by atoms with Crippen LogP contribution in [0.4, 0.5) is 5.69 Å². The molecule has 3 aromatic rings. The first-order chi connectivity index (χ1) is 17.8. The quantitative estimate of drug-likeness (QED) is 0.407. The molecule has 0 aromatic heterocycles. The van der Waals surface area contributed by atoms with Gasteiger partial charge in [0, 0.05) is 43.8 Å². The van der Waals surface area contributed by atoms with Crippen LogP contribution in [0, 0.1) is 0 Å². The fraction of sp³-hybridized carbons (Fsp3) is 0.296. The van der Waals surface area contributed by atoms with Gasteiger partial charge in [-0.15, -0.1) is 0 Å². The molecule has 0 radical (unpaired) electrons. The molecule has 1 amide bonds. The number of anilines is 1. The number of carbonyl (C=O) groups is 1. The predicted molar refractivity (Wildman–Crippen MR) is 144 cm³/mol. The van der Waals surface area contributed by atoms with Crippen molar-refractivity contribution in [2.45, 2.75) is 11.4 Å². The van der Waals surface area contributed by atoms with Gasteiger partial charge in [-0.05, 0) is 42.0 Å². The zero-order valence-electron chi connectivity index (χ0n) is 20.8. The van der Waals surface area contributed by atoms with E-state index >= 15 is 0 Å². The lowest BCUT2D eigenvalue weighted by Gasteiger charge is -2.36. The van der Waals surface area contributed by atoms with Crippen LogP contribution >= 0.6 is 11.6 Å². The number of sulfonamides is 1. The van der Waals surface area contributed by atoms with Crippen LogP contribution in [0.2, 0.25) is 5.02 Å². The minimum atomic E-state index is -4.11. The monoisotopic (exact) mass is 543 g/mol. The Kier molecular flexibility index (Phi) is 8.58. The van der Waals surface area contributed by atoms with Crippen molar-refractivity contribution in [3.63, 3.8) is 0 Å². The maximum atomic E-state index is 13.8. The Hall–Kier alpha value is -3.27. The molecule has 0 N–H and O–H groups in total. The molecule has 1 aliphatic rings. The van der Waals surface area contributed by atoms with Gasteiger partial charge in [0.05, 0.1) is 24.8 Å². The second kappa shape index (κ2) is 11.9.